The van der Waals surface area contributed by atoms with Gasteiger partial charge in [0.25, 0.3) is 0 Å². The molecule has 5 N–H and O–H groups in total. The molecule has 6 nitrogen and oxygen atoms in total. The summed E-state index contributed by atoms with van der Waals surface area (Å²) < 4.78 is 15.5. The lowest BCUT2D eigenvalue weighted by Gasteiger charge is -2.24. The minimum absolute atomic E-state index is 0.0310. The summed E-state index contributed by atoms with van der Waals surface area (Å²) in [7, 11) is 0. The highest BCUT2D eigenvalue weighted by atomic mass is 35.5. The predicted octanol–water partition coefficient (Wildman–Crippen LogP) is 3.38. The Morgan fingerprint density at radius 1 is 1.31 bits per heavy atom. The first-order valence-electron chi connectivity index (χ1n) is 9.54. The van der Waals surface area contributed by atoms with Crippen LogP contribution in [0, 0.1) is 11.7 Å². The van der Waals surface area contributed by atoms with Gasteiger partial charge in [-0.25, -0.2) is 9.37 Å². The molecule has 2 aromatic rings. The number of carbonyl (C=O) groups excluding carboxylic acids is 2. The number of anilines is 1. The zero-order valence-electron chi connectivity index (χ0n) is 16.1. The predicted molar refractivity (Wildman–Crippen MR) is 110 cm³/mol. The smallest absolute Gasteiger partial charge is 0.218 e. The zero-order valence-corrected chi connectivity index (χ0v) is 16.9. The highest BCUT2D eigenvalue weighted by Crippen LogP contribution is 2.39. The molecule has 0 unspecified atom stereocenters. The average molecular weight is 419 g/mol. The largest absolute Gasteiger partial charge is 0.384 e. The summed E-state index contributed by atoms with van der Waals surface area (Å²) >= 11 is 6.19. The molecule has 1 aliphatic carbocycles. The molecule has 1 aromatic carbocycles. The maximum absolute atomic E-state index is 15.5. The Morgan fingerprint density at radius 3 is 2.62 bits per heavy atom. The fourth-order valence-corrected chi connectivity index (χ4v) is 3.64. The minimum atomic E-state index is -0.663. The lowest BCUT2D eigenvalue weighted by Crippen LogP contribution is -2.35. The number of nitrogens with one attached hydrogen (secondary N) is 1. The lowest BCUT2D eigenvalue weighted by molar-refractivity contribution is -0.118. The van der Waals surface area contributed by atoms with Gasteiger partial charge in [0.2, 0.25) is 5.91 Å². The number of pyridine rings is 1. The molecule has 0 aliphatic heterocycles. The molecular formula is C21H24ClFN4O2. The third-order valence-corrected chi connectivity index (χ3v) is 5.35. The number of nitrogen functional groups attached to an aromatic ring is 1. The molecule has 1 aromatic heterocycles. The van der Waals surface area contributed by atoms with Gasteiger partial charge in [0, 0.05) is 35.8 Å². The fraction of sp³-hybridized carbons (Fsp3) is 0.381. The Labute approximate surface area is 173 Å². The van der Waals surface area contributed by atoms with Gasteiger partial charge in [-0.05, 0) is 37.5 Å². The summed E-state index contributed by atoms with van der Waals surface area (Å²) in [4.78, 5) is 28.0. The molecule has 2 atom stereocenters. The van der Waals surface area contributed by atoms with E-state index >= 15 is 4.39 Å². The van der Waals surface area contributed by atoms with Crippen molar-refractivity contribution in [3.8, 4) is 0 Å². The third-order valence-electron chi connectivity index (χ3n) is 5.03. The standard InChI is InChI=1S/C21H24ClFN4O2/c1-11(8-18(25)28)27-16(9-12-2-3-12)14-5-6-15(22)19(20(14)23)21(29)13-4-7-17(24)26-10-13/h4-7,10-12,16,27H,2-3,8-9H2,1H3,(H2,24,26)(H2,25,28)/t11-,16-/m1/s1. The second-order valence-corrected chi connectivity index (χ2v) is 8.00. The number of hydrogen-bond acceptors (Lipinski definition) is 5. The van der Waals surface area contributed by atoms with Crippen LogP contribution < -0.4 is 16.8 Å². The van der Waals surface area contributed by atoms with E-state index in [1.54, 1.807) is 6.07 Å². The number of benzene rings is 1. The van der Waals surface area contributed by atoms with E-state index in [4.69, 9.17) is 23.1 Å². The number of primary amides is 1. The van der Waals surface area contributed by atoms with Crippen molar-refractivity contribution in [2.45, 2.75) is 44.7 Å². The van der Waals surface area contributed by atoms with Crippen LogP contribution in [-0.4, -0.2) is 22.7 Å². The molecule has 0 spiro atoms. The molecule has 1 aliphatic rings. The number of hydrogen-bond donors (Lipinski definition) is 3. The maximum atomic E-state index is 15.5. The van der Waals surface area contributed by atoms with Crippen molar-refractivity contribution in [3.05, 3.63) is 58.0 Å². The van der Waals surface area contributed by atoms with Crippen LogP contribution in [-0.2, 0) is 4.79 Å². The monoisotopic (exact) mass is 418 g/mol. The van der Waals surface area contributed by atoms with Crippen LogP contribution in [0.2, 0.25) is 5.02 Å². The Morgan fingerprint density at radius 2 is 2.03 bits per heavy atom. The van der Waals surface area contributed by atoms with Crippen LogP contribution in [0.25, 0.3) is 0 Å². The van der Waals surface area contributed by atoms with Crippen molar-refractivity contribution < 1.29 is 14.0 Å². The molecule has 8 heteroatoms. The van der Waals surface area contributed by atoms with E-state index in [1.165, 1.54) is 24.4 Å². The molecule has 0 saturated heterocycles. The SMILES string of the molecule is C[C@H](CC(N)=O)N[C@H](CC1CC1)c1ccc(Cl)c(C(=O)c2ccc(N)nc2)c1F. The van der Waals surface area contributed by atoms with Crippen molar-refractivity contribution in [3.63, 3.8) is 0 Å². The van der Waals surface area contributed by atoms with Gasteiger partial charge in [0.1, 0.15) is 11.6 Å². The summed E-state index contributed by atoms with van der Waals surface area (Å²) in [6.45, 7) is 1.82. The number of nitrogens with two attached hydrogens (primary N) is 2. The average Bonchev–Trinajstić information content (AvgIpc) is 3.45. The second-order valence-electron chi connectivity index (χ2n) is 7.60. The van der Waals surface area contributed by atoms with Crippen LogP contribution in [0.3, 0.4) is 0 Å². The van der Waals surface area contributed by atoms with Crippen LogP contribution in [0.1, 0.15) is 60.1 Å². The van der Waals surface area contributed by atoms with E-state index in [0.29, 0.717) is 17.9 Å². The normalized spacial score (nSPS) is 15.7. The van der Waals surface area contributed by atoms with Gasteiger partial charge >= 0.3 is 0 Å². The van der Waals surface area contributed by atoms with E-state index in [-0.39, 0.29) is 40.5 Å². The summed E-state index contributed by atoms with van der Waals surface area (Å²) in [6, 6.07) is 5.50. The molecule has 1 saturated carbocycles. The van der Waals surface area contributed by atoms with E-state index in [1.807, 2.05) is 6.92 Å². The Bertz CT molecular complexity index is 916. The topological polar surface area (TPSA) is 111 Å². The highest BCUT2D eigenvalue weighted by Gasteiger charge is 2.31. The highest BCUT2D eigenvalue weighted by molar-refractivity contribution is 6.35. The zero-order chi connectivity index (χ0) is 21.1. The quantitative estimate of drug-likeness (QED) is 0.540. The lowest BCUT2D eigenvalue weighted by atomic mass is 9.94. The molecule has 0 radical (unpaired) electrons. The van der Waals surface area contributed by atoms with Gasteiger partial charge in [0.05, 0.1) is 10.6 Å². The van der Waals surface area contributed by atoms with Crippen LogP contribution in [0.5, 0.6) is 0 Å². The summed E-state index contributed by atoms with van der Waals surface area (Å²) in [5.74, 6) is -0.901. The van der Waals surface area contributed by atoms with Crippen molar-refractivity contribution in [2.75, 3.05) is 5.73 Å². The molecule has 3 rings (SSSR count). The van der Waals surface area contributed by atoms with Gasteiger partial charge in [-0.3, -0.25) is 9.59 Å². The first-order valence-corrected chi connectivity index (χ1v) is 9.92. The van der Waals surface area contributed by atoms with Crippen molar-refractivity contribution in [1.29, 1.82) is 0 Å². The Balaban J connectivity index is 1.94. The number of carbonyl (C=O) groups is 2. The van der Waals surface area contributed by atoms with E-state index < -0.39 is 17.5 Å². The number of aromatic nitrogens is 1. The van der Waals surface area contributed by atoms with Gasteiger partial charge in [-0.2, -0.15) is 0 Å². The van der Waals surface area contributed by atoms with Crippen LogP contribution >= 0.6 is 11.6 Å². The van der Waals surface area contributed by atoms with Gasteiger partial charge in [-0.15, -0.1) is 0 Å². The minimum Gasteiger partial charge on any atom is -0.384 e. The molecule has 0 bridgehead atoms. The number of rotatable bonds is 9. The molecule has 1 heterocycles. The Hall–Kier alpha value is -2.51. The summed E-state index contributed by atoms with van der Waals surface area (Å²) in [5, 5.41) is 3.32. The number of ketones is 1. The summed E-state index contributed by atoms with van der Waals surface area (Å²) in [6.07, 6.45) is 4.31. The second kappa shape index (κ2) is 8.88. The van der Waals surface area contributed by atoms with Crippen molar-refractivity contribution in [2.24, 2.45) is 11.7 Å². The number of halogens is 2. The molecule has 1 fully saturated rings. The van der Waals surface area contributed by atoms with Crippen LogP contribution in [0.4, 0.5) is 10.2 Å². The maximum Gasteiger partial charge on any atom is 0.218 e. The molecule has 29 heavy (non-hydrogen) atoms. The first kappa shape index (κ1) is 21.2. The molecule has 1 amide bonds. The molecular weight excluding hydrogens is 395 g/mol. The summed E-state index contributed by atoms with van der Waals surface area (Å²) in [5.41, 5.74) is 11.2. The van der Waals surface area contributed by atoms with Crippen LogP contribution in [0.15, 0.2) is 30.5 Å². The van der Waals surface area contributed by atoms with Crippen molar-refractivity contribution >= 4 is 29.1 Å². The van der Waals surface area contributed by atoms with E-state index in [9.17, 15) is 9.59 Å². The Kier molecular flexibility index (Phi) is 6.49. The molecule has 154 valence electrons. The van der Waals surface area contributed by atoms with Gasteiger partial charge < -0.3 is 16.8 Å². The first-order chi connectivity index (χ1) is 13.8. The third kappa shape index (κ3) is 5.31. The van der Waals surface area contributed by atoms with E-state index in [2.05, 4.69) is 10.3 Å². The van der Waals surface area contributed by atoms with Crippen molar-refractivity contribution in [1.82, 2.24) is 10.3 Å². The number of nitrogens with zero attached hydrogens (tertiary/aromatic N) is 1. The van der Waals surface area contributed by atoms with Gasteiger partial charge in [0.15, 0.2) is 5.78 Å². The van der Waals surface area contributed by atoms with E-state index in [0.717, 1.165) is 12.8 Å². The number of amides is 1. The fourth-order valence-electron chi connectivity index (χ4n) is 3.41. The van der Waals surface area contributed by atoms with Gasteiger partial charge in [-0.1, -0.05) is 30.5 Å².